The summed E-state index contributed by atoms with van der Waals surface area (Å²) in [6.07, 6.45) is 2.11. The fraction of sp³-hybridized carbons (Fsp3) is 0.412. The van der Waals surface area contributed by atoms with Crippen LogP contribution in [0, 0.1) is 0 Å². The van der Waals surface area contributed by atoms with Crippen molar-refractivity contribution in [2.24, 2.45) is 0 Å². The number of aromatic carboxylic acids is 1. The molecule has 0 saturated carbocycles. The van der Waals surface area contributed by atoms with Gasteiger partial charge in [-0.3, -0.25) is 10.00 Å². The van der Waals surface area contributed by atoms with Crippen LogP contribution < -0.4 is 9.47 Å². The Morgan fingerprint density at radius 2 is 2.21 bits per heavy atom. The van der Waals surface area contributed by atoms with Gasteiger partial charge in [0.2, 0.25) is 0 Å². The van der Waals surface area contributed by atoms with E-state index in [0.717, 1.165) is 42.1 Å². The molecule has 1 fully saturated rings. The van der Waals surface area contributed by atoms with Gasteiger partial charge >= 0.3 is 5.97 Å². The van der Waals surface area contributed by atoms with Crippen LogP contribution in [-0.2, 0) is 6.54 Å². The molecule has 0 radical (unpaired) electrons. The van der Waals surface area contributed by atoms with Crippen molar-refractivity contribution in [2.75, 3.05) is 20.8 Å². The molecule has 3 rings (SSSR count). The number of aromatic amines is 1. The molecule has 0 spiro atoms. The van der Waals surface area contributed by atoms with Crippen molar-refractivity contribution in [3.05, 3.63) is 41.2 Å². The summed E-state index contributed by atoms with van der Waals surface area (Å²) < 4.78 is 10.8. The maximum atomic E-state index is 11.0. The molecule has 2 N–H and O–H groups in total. The van der Waals surface area contributed by atoms with Crippen LogP contribution in [0.15, 0.2) is 24.3 Å². The molecular weight excluding hydrogens is 310 g/mol. The summed E-state index contributed by atoms with van der Waals surface area (Å²) >= 11 is 0. The normalized spacial score (nSPS) is 17.8. The molecule has 1 aromatic carbocycles. The number of methoxy groups -OCH3 is 2. The Morgan fingerprint density at radius 1 is 1.38 bits per heavy atom. The van der Waals surface area contributed by atoms with Crippen molar-refractivity contribution in [3.8, 4) is 11.5 Å². The molecule has 128 valence electrons. The Kier molecular flexibility index (Phi) is 4.71. The van der Waals surface area contributed by atoms with Crippen molar-refractivity contribution in [3.63, 3.8) is 0 Å². The van der Waals surface area contributed by atoms with Crippen LogP contribution in [0.3, 0.4) is 0 Å². The zero-order valence-electron chi connectivity index (χ0n) is 13.8. The van der Waals surface area contributed by atoms with Gasteiger partial charge in [0, 0.05) is 24.2 Å². The number of H-pyrrole nitrogens is 1. The number of likely N-dealkylation sites (tertiary alicyclic amines) is 1. The van der Waals surface area contributed by atoms with Gasteiger partial charge in [-0.1, -0.05) is 6.07 Å². The van der Waals surface area contributed by atoms with E-state index in [1.54, 1.807) is 20.3 Å². The summed E-state index contributed by atoms with van der Waals surface area (Å²) in [5.74, 6) is 0.550. The molecule has 7 nitrogen and oxygen atoms in total. The number of ether oxygens (including phenoxy) is 2. The predicted molar refractivity (Wildman–Crippen MR) is 87.5 cm³/mol. The molecule has 1 unspecified atom stereocenters. The third-order valence-corrected chi connectivity index (χ3v) is 4.39. The van der Waals surface area contributed by atoms with Crippen molar-refractivity contribution in [2.45, 2.75) is 25.4 Å². The molecule has 1 aliphatic rings. The number of rotatable bonds is 6. The third kappa shape index (κ3) is 3.21. The highest BCUT2D eigenvalue weighted by atomic mass is 16.5. The van der Waals surface area contributed by atoms with Crippen LogP contribution in [0.25, 0.3) is 0 Å². The summed E-state index contributed by atoms with van der Waals surface area (Å²) in [6, 6.07) is 7.68. The lowest BCUT2D eigenvalue weighted by molar-refractivity contribution is 0.0690. The minimum Gasteiger partial charge on any atom is -0.497 e. The van der Waals surface area contributed by atoms with Crippen molar-refractivity contribution < 1.29 is 19.4 Å². The second kappa shape index (κ2) is 6.92. The molecule has 2 aromatic rings. The minimum atomic E-state index is -1.02. The van der Waals surface area contributed by atoms with E-state index >= 15 is 0 Å². The molecule has 1 aromatic heterocycles. The van der Waals surface area contributed by atoms with E-state index in [-0.39, 0.29) is 11.7 Å². The lowest BCUT2D eigenvalue weighted by atomic mass is 10.0. The molecule has 0 bridgehead atoms. The smallest absolute Gasteiger partial charge is 0.356 e. The lowest BCUT2D eigenvalue weighted by Gasteiger charge is -2.25. The summed E-state index contributed by atoms with van der Waals surface area (Å²) in [7, 11) is 3.29. The number of nitrogens with zero attached hydrogens (tertiary/aromatic N) is 2. The minimum absolute atomic E-state index is 0.0442. The van der Waals surface area contributed by atoms with E-state index in [2.05, 4.69) is 15.1 Å². The Morgan fingerprint density at radius 3 is 2.88 bits per heavy atom. The number of carbonyl (C=O) groups is 1. The molecule has 2 heterocycles. The lowest BCUT2D eigenvalue weighted by Crippen LogP contribution is -2.23. The van der Waals surface area contributed by atoms with Crippen LogP contribution in [0.2, 0.25) is 0 Å². The molecule has 1 atom stereocenters. The third-order valence-electron chi connectivity index (χ3n) is 4.39. The number of carboxylic acid groups (broad SMARTS) is 1. The van der Waals surface area contributed by atoms with Crippen molar-refractivity contribution in [1.29, 1.82) is 0 Å². The molecule has 7 heteroatoms. The molecule has 1 saturated heterocycles. The first-order valence-electron chi connectivity index (χ1n) is 7.86. The molecular formula is C17H21N3O4. The Balaban J connectivity index is 1.81. The first kappa shape index (κ1) is 16.3. The first-order valence-corrected chi connectivity index (χ1v) is 7.86. The van der Waals surface area contributed by atoms with Crippen LogP contribution in [-0.4, -0.2) is 46.9 Å². The van der Waals surface area contributed by atoms with E-state index in [1.807, 2.05) is 18.2 Å². The van der Waals surface area contributed by atoms with E-state index < -0.39 is 5.97 Å². The summed E-state index contributed by atoms with van der Waals surface area (Å²) in [4.78, 5) is 13.3. The monoisotopic (exact) mass is 331 g/mol. The Bertz CT molecular complexity index is 728. The highest BCUT2D eigenvalue weighted by molar-refractivity contribution is 5.85. The van der Waals surface area contributed by atoms with E-state index in [1.165, 1.54) is 0 Å². The number of carboxylic acids is 1. The quantitative estimate of drug-likeness (QED) is 0.845. The zero-order chi connectivity index (χ0) is 17.1. The van der Waals surface area contributed by atoms with Gasteiger partial charge in [-0.05, 0) is 31.5 Å². The van der Waals surface area contributed by atoms with Crippen LogP contribution in [0.1, 0.15) is 40.6 Å². The molecule has 1 aliphatic heterocycles. The second-order valence-electron chi connectivity index (χ2n) is 5.82. The van der Waals surface area contributed by atoms with Crippen molar-refractivity contribution >= 4 is 5.97 Å². The fourth-order valence-electron chi connectivity index (χ4n) is 3.23. The maximum Gasteiger partial charge on any atom is 0.356 e. The largest absolute Gasteiger partial charge is 0.497 e. The Hall–Kier alpha value is -2.54. The van der Waals surface area contributed by atoms with Crippen LogP contribution in [0.4, 0.5) is 0 Å². The highest BCUT2D eigenvalue weighted by Crippen LogP contribution is 2.39. The topological polar surface area (TPSA) is 87.7 Å². The fourth-order valence-corrected chi connectivity index (χ4v) is 3.23. The number of hydrogen-bond donors (Lipinski definition) is 2. The number of hydrogen-bond acceptors (Lipinski definition) is 5. The van der Waals surface area contributed by atoms with Gasteiger partial charge in [-0.25, -0.2) is 4.79 Å². The van der Waals surface area contributed by atoms with E-state index in [0.29, 0.717) is 6.54 Å². The Labute approximate surface area is 140 Å². The van der Waals surface area contributed by atoms with Gasteiger partial charge in [-0.2, -0.15) is 5.10 Å². The SMILES string of the molecule is COc1ccc(C2CCCN2Cc2cc(C(=O)O)n[nH]2)c(OC)c1. The number of benzene rings is 1. The number of aromatic nitrogens is 2. The van der Waals surface area contributed by atoms with Gasteiger partial charge in [0.05, 0.1) is 19.9 Å². The van der Waals surface area contributed by atoms with Crippen LogP contribution >= 0.6 is 0 Å². The molecule has 24 heavy (non-hydrogen) atoms. The average Bonchev–Trinajstić information content (AvgIpc) is 3.24. The van der Waals surface area contributed by atoms with E-state index in [9.17, 15) is 4.79 Å². The van der Waals surface area contributed by atoms with Gasteiger partial charge in [-0.15, -0.1) is 0 Å². The summed E-state index contributed by atoms with van der Waals surface area (Å²) in [5, 5.41) is 15.6. The highest BCUT2D eigenvalue weighted by Gasteiger charge is 2.29. The second-order valence-corrected chi connectivity index (χ2v) is 5.82. The van der Waals surface area contributed by atoms with Gasteiger partial charge < -0.3 is 14.6 Å². The molecule has 0 amide bonds. The van der Waals surface area contributed by atoms with Crippen LogP contribution in [0.5, 0.6) is 11.5 Å². The average molecular weight is 331 g/mol. The first-order chi connectivity index (χ1) is 11.6. The summed E-state index contributed by atoms with van der Waals surface area (Å²) in [5.41, 5.74) is 1.96. The van der Waals surface area contributed by atoms with E-state index in [4.69, 9.17) is 14.6 Å². The number of nitrogens with one attached hydrogen (secondary N) is 1. The van der Waals surface area contributed by atoms with Gasteiger partial charge in [0.25, 0.3) is 0 Å². The maximum absolute atomic E-state index is 11.0. The zero-order valence-corrected chi connectivity index (χ0v) is 13.8. The standard InChI is InChI=1S/C17H21N3O4/c1-23-12-5-6-13(16(9-12)24-2)15-4-3-7-20(15)10-11-8-14(17(21)22)19-18-11/h5-6,8-9,15H,3-4,7,10H2,1-2H3,(H,18,19)(H,21,22). The summed E-state index contributed by atoms with van der Waals surface area (Å²) in [6.45, 7) is 1.57. The predicted octanol–water partition coefficient (Wildman–Crippen LogP) is 2.46. The van der Waals surface area contributed by atoms with Crippen molar-refractivity contribution in [1.82, 2.24) is 15.1 Å². The van der Waals surface area contributed by atoms with Gasteiger partial charge in [0.1, 0.15) is 11.5 Å². The molecule has 0 aliphatic carbocycles. The van der Waals surface area contributed by atoms with Gasteiger partial charge in [0.15, 0.2) is 5.69 Å².